The zero-order valence-corrected chi connectivity index (χ0v) is 14.7. The average molecular weight is 353 g/mol. The summed E-state index contributed by atoms with van der Waals surface area (Å²) < 4.78 is 6.93. The molecule has 2 aliphatic rings. The molecule has 5 rings (SSSR count). The van der Waals surface area contributed by atoms with Crippen molar-refractivity contribution in [2.45, 2.75) is 19.4 Å². The van der Waals surface area contributed by atoms with Gasteiger partial charge in [-0.2, -0.15) is 4.52 Å². The molecule has 2 N–H and O–H groups in total. The highest BCUT2D eigenvalue weighted by Crippen LogP contribution is 2.30. The van der Waals surface area contributed by atoms with E-state index in [1.54, 1.807) is 10.8 Å². The molecule has 0 unspecified atom stereocenters. The summed E-state index contributed by atoms with van der Waals surface area (Å²) in [7, 11) is 0. The second-order valence-corrected chi connectivity index (χ2v) is 7.31. The molecule has 26 heavy (non-hydrogen) atoms. The van der Waals surface area contributed by atoms with Crippen molar-refractivity contribution in [2.24, 2.45) is 5.92 Å². The molecule has 8 nitrogen and oxygen atoms in total. The number of aromatic nitrogens is 4. The van der Waals surface area contributed by atoms with Crippen molar-refractivity contribution in [3.05, 3.63) is 30.2 Å². The van der Waals surface area contributed by atoms with Crippen molar-refractivity contribution in [3.63, 3.8) is 0 Å². The summed E-state index contributed by atoms with van der Waals surface area (Å²) in [6, 6.07) is 5.61. The van der Waals surface area contributed by atoms with Crippen LogP contribution in [0.15, 0.2) is 28.9 Å². The number of anilines is 1. The van der Waals surface area contributed by atoms with Crippen molar-refractivity contribution in [1.82, 2.24) is 29.4 Å². The van der Waals surface area contributed by atoms with Crippen LogP contribution in [-0.2, 0) is 6.54 Å². The number of hydrogen-bond donors (Lipinski definition) is 1. The van der Waals surface area contributed by atoms with E-state index in [0.29, 0.717) is 23.2 Å². The second-order valence-electron chi connectivity index (χ2n) is 7.31. The zero-order valence-electron chi connectivity index (χ0n) is 14.7. The van der Waals surface area contributed by atoms with Gasteiger partial charge in [-0.05, 0) is 30.9 Å². The molecule has 3 aromatic rings. The first kappa shape index (κ1) is 15.8. The molecule has 0 aromatic carbocycles. The van der Waals surface area contributed by atoms with Crippen LogP contribution in [0, 0.1) is 5.92 Å². The van der Waals surface area contributed by atoms with Gasteiger partial charge in [-0.25, -0.2) is 9.97 Å². The summed E-state index contributed by atoms with van der Waals surface area (Å²) in [5.41, 5.74) is 7.74. The number of fused-ring (bicyclic) bond motifs is 1. The van der Waals surface area contributed by atoms with Crippen molar-refractivity contribution < 1.29 is 4.42 Å². The summed E-state index contributed by atoms with van der Waals surface area (Å²) in [5, 5.41) is 4.39. The molecule has 1 saturated heterocycles. The number of hydrogen-bond acceptors (Lipinski definition) is 7. The standard InChI is InChI=1S/C18H23N7O/c19-18-20-14(12-24-7-5-23(6-8-24)11-13-3-4-13)10-16-21-17(22-25(16)18)15-2-1-9-26-15/h1-2,9-10,13H,3-8,11-12H2,(H2,19,20). The van der Waals surface area contributed by atoms with Gasteiger partial charge in [-0.3, -0.25) is 4.90 Å². The average Bonchev–Trinajstić information content (AvgIpc) is 3.11. The monoisotopic (exact) mass is 353 g/mol. The molecule has 1 aliphatic heterocycles. The number of rotatable bonds is 5. The molecule has 0 amide bonds. The molecule has 8 heteroatoms. The molecule has 0 spiro atoms. The molecule has 0 bridgehead atoms. The van der Waals surface area contributed by atoms with E-state index in [0.717, 1.165) is 44.3 Å². The van der Waals surface area contributed by atoms with Gasteiger partial charge in [0.1, 0.15) is 0 Å². The third-order valence-electron chi connectivity index (χ3n) is 5.21. The summed E-state index contributed by atoms with van der Waals surface area (Å²) in [6.07, 6.45) is 4.44. The van der Waals surface area contributed by atoms with Crippen LogP contribution < -0.4 is 5.73 Å². The fourth-order valence-electron chi connectivity index (χ4n) is 3.58. The molecule has 4 heterocycles. The lowest BCUT2D eigenvalue weighted by Gasteiger charge is -2.34. The maximum absolute atomic E-state index is 6.10. The summed E-state index contributed by atoms with van der Waals surface area (Å²) >= 11 is 0. The quantitative estimate of drug-likeness (QED) is 0.743. The molecule has 1 aliphatic carbocycles. The van der Waals surface area contributed by atoms with Gasteiger partial charge >= 0.3 is 0 Å². The smallest absolute Gasteiger partial charge is 0.223 e. The Morgan fingerprint density at radius 3 is 2.65 bits per heavy atom. The Morgan fingerprint density at radius 1 is 1.12 bits per heavy atom. The molecule has 0 atom stereocenters. The first-order chi connectivity index (χ1) is 12.7. The SMILES string of the molecule is Nc1nc(CN2CCN(CC3CC3)CC2)cc2nc(-c3ccco3)nn12. The van der Waals surface area contributed by atoms with Crippen LogP contribution in [0.3, 0.4) is 0 Å². The van der Waals surface area contributed by atoms with Gasteiger partial charge in [-0.1, -0.05) is 0 Å². The van der Waals surface area contributed by atoms with Gasteiger partial charge in [0, 0.05) is 45.3 Å². The van der Waals surface area contributed by atoms with Gasteiger partial charge in [0.05, 0.1) is 12.0 Å². The minimum absolute atomic E-state index is 0.357. The topological polar surface area (TPSA) is 88.7 Å². The lowest BCUT2D eigenvalue weighted by Crippen LogP contribution is -2.46. The van der Waals surface area contributed by atoms with Crippen molar-refractivity contribution in [2.75, 3.05) is 38.5 Å². The lowest BCUT2D eigenvalue weighted by molar-refractivity contribution is 0.122. The molecule has 0 radical (unpaired) electrons. The first-order valence-corrected chi connectivity index (χ1v) is 9.25. The van der Waals surface area contributed by atoms with Crippen LogP contribution >= 0.6 is 0 Å². The highest BCUT2D eigenvalue weighted by Gasteiger charge is 2.26. The van der Waals surface area contributed by atoms with Gasteiger partial charge in [0.2, 0.25) is 11.8 Å². The molecular weight excluding hydrogens is 330 g/mol. The number of furan rings is 1. The molecule has 3 aromatic heterocycles. The normalized spacial score (nSPS) is 19.4. The maximum Gasteiger partial charge on any atom is 0.223 e. The highest BCUT2D eigenvalue weighted by molar-refractivity contribution is 5.54. The highest BCUT2D eigenvalue weighted by atomic mass is 16.3. The summed E-state index contributed by atoms with van der Waals surface area (Å²) in [4.78, 5) is 14.1. The fourth-order valence-corrected chi connectivity index (χ4v) is 3.58. The van der Waals surface area contributed by atoms with E-state index in [9.17, 15) is 0 Å². The third kappa shape index (κ3) is 3.17. The number of nitrogen functional groups attached to an aromatic ring is 1. The van der Waals surface area contributed by atoms with Gasteiger partial charge in [-0.15, -0.1) is 5.10 Å². The van der Waals surface area contributed by atoms with Crippen molar-refractivity contribution in [3.8, 4) is 11.6 Å². The minimum Gasteiger partial charge on any atom is -0.461 e. The Balaban J connectivity index is 1.30. The number of nitrogens with zero attached hydrogens (tertiary/aromatic N) is 6. The zero-order chi connectivity index (χ0) is 17.5. The van der Waals surface area contributed by atoms with Gasteiger partial charge in [0.25, 0.3) is 0 Å². The van der Waals surface area contributed by atoms with Crippen LogP contribution in [0.5, 0.6) is 0 Å². The molecule has 1 saturated carbocycles. The van der Waals surface area contributed by atoms with E-state index in [-0.39, 0.29) is 0 Å². The first-order valence-electron chi connectivity index (χ1n) is 9.25. The van der Waals surface area contributed by atoms with Crippen LogP contribution in [0.25, 0.3) is 17.2 Å². The largest absolute Gasteiger partial charge is 0.461 e. The van der Waals surface area contributed by atoms with Crippen molar-refractivity contribution >= 4 is 11.6 Å². The molecule has 2 fully saturated rings. The third-order valence-corrected chi connectivity index (χ3v) is 5.21. The predicted molar refractivity (Wildman–Crippen MR) is 97.3 cm³/mol. The summed E-state index contributed by atoms with van der Waals surface area (Å²) in [6.45, 7) is 6.50. The van der Waals surface area contributed by atoms with E-state index in [4.69, 9.17) is 10.2 Å². The Bertz CT molecular complexity index is 892. The molecular formula is C18H23N7O. The Hall–Kier alpha value is -2.45. The van der Waals surface area contributed by atoms with Crippen LogP contribution in [0.2, 0.25) is 0 Å². The maximum atomic E-state index is 6.10. The van der Waals surface area contributed by atoms with Gasteiger partial charge < -0.3 is 15.1 Å². The van der Waals surface area contributed by atoms with Crippen molar-refractivity contribution in [1.29, 1.82) is 0 Å². The Kier molecular flexibility index (Phi) is 3.86. The van der Waals surface area contributed by atoms with E-state index in [1.807, 2.05) is 18.2 Å². The summed E-state index contributed by atoms with van der Waals surface area (Å²) in [5.74, 6) is 2.47. The fraction of sp³-hybridized carbons (Fsp3) is 0.500. The minimum atomic E-state index is 0.357. The number of nitrogens with two attached hydrogens (primary N) is 1. The number of piperazine rings is 1. The molecule has 136 valence electrons. The van der Waals surface area contributed by atoms with E-state index in [2.05, 4.69) is 24.9 Å². The second kappa shape index (κ2) is 6.37. The van der Waals surface area contributed by atoms with E-state index >= 15 is 0 Å². The van der Waals surface area contributed by atoms with E-state index in [1.165, 1.54) is 19.4 Å². The Morgan fingerprint density at radius 2 is 1.92 bits per heavy atom. The van der Waals surface area contributed by atoms with Crippen LogP contribution in [0.1, 0.15) is 18.5 Å². The van der Waals surface area contributed by atoms with Crippen LogP contribution in [0.4, 0.5) is 5.95 Å². The van der Waals surface area contributed by atoms with Gasteiger partial charge in [0.15, 0.2) is 11.4 Å². The lowest BCUT2D eigenvalue weighted by atomic mass is 10.2. The van der Waals surface area contributed by atoms with Crippen LogP contribution in [-0.4, -0.2) is 62.1 Å². The predicted octanol–water partition coefficient (Wildman–Crippen LogP) is 1.49. The van der Waals surface area contributed by atoms with E-state index < -0.39 is 0 Å². The Labute approximate surface area is 151 Å².